The molecule has 1 aromatic carbocycles. The van der Waals surface area contributed by atoms with Gasteiger partial charge in [0.15, 0.2) is 0 Å². The predicted molar refractivity (Wildman–Crippen MR) is 69.3 cm³/mol. The largest absolute Gasteiger partial charge is 0.352 e. The van der Waals surface area contributed by atoms with Crippen LogP contribution < -0.4 is 11.1 Å². The number of nitrogens with one attached hydrogen (secondary N) is 1. The first-order valence-electron chi connectivity index (χ1n) is 4.89. The van der Waals surface area contributed by atoms with Crippen LogP contribution in [0.4, 0.5) is 0 Å². The first-order chi connectivity index (χ1) is 7.11. The minimum atomic E-state index is -0.152. The second-order valence-electron chi connectivity index (χ2n) is 3.50. The van der Waals surface area contributed by atoms with E-state index in [4.69, 9.17) is 17.3 Å². The van der Waals surface area contributed by atoms with E-state index >= 15 is 0 Å². The second-order valence-corrected chi connectivity index (χ2v) is 3.91. The van der Waals surface area contributed by atoms with Crippen molar-refractivity contribution in [3.05, 3.63) is 34.9 Å². The van der Waals surface area contributed by atoms with Crippen LogP contribution in [0.5, 0.6) is 0 Å². The first kappa shape index (κ1) is 15.2. The fourth-order valence-corrected chi connectivity index (χ4v) is 1.38. The SMILES string of the molecule is CC(N)CCNC(=O)c1ccccc1Cl.Cl. The number of hydrogen-bond acceptors (Lipinski definition) is 2. The molecule has 1 atom stereocenters. The molecule has 1 unspecified atom stereocenters. The normalized spacial score (nSPS) is 11.4. The van der Waals surface area contributed by atoms with E-state index < -0.39 is 0 Å². The van der Waals surface area contributed by atoms with Gasteiger partial charge in [-0.2, -0.15) is 0 Å². The Morgan fingerprint density at radius 2 is 2.12 bits per heavy atom. The molecule has 0 saturated carbocycles. The highest BCUT2D eigenvalue weighted by molar-refractivity contribution is 6.33. The Balaban J connectivity index is 0.00000225. The van der Waals surface area contributed by atoms with Gasteiger partial charge < -0.3 is 11.1 Å². The number of benzene rings is 1. The predicted octanol–water partition coefficient (Wildman–Crippen LogP) is 2.23. The van der Waals surface area contributed by atoms with Crippen LogP contribution in [0.25, 0.3) is 0 Å². The number of amides is 1. The summed E-state index contributed by atoms with van der Waals surface area (Å²) in [7, 11) is 0. The molecule has 3 N–H and O–H groups in total. The summed E-state index contributed by atoms with van der Waals surface area (Å²) < 4.78 is 0. The van der Waals surface area contributed by atoms with Crippen molar-refractivity contribution in [3.8, 4) is 0 Å². The first-order valence-corrected chi connectivity index (χ1v) is 5.27. The topological polar surface area (TPSA) is 55.1 Å². The van der Waals surface area contributed by atoms with Crippen LogP contribution in [-0.2, 0) is 0 Å². The van der Waals surface area contributed by atoms with Gasteiger partial charge in [-0.1, -0.05) is 23.7 Å². The summed E-state index contributed by atoms with van der Waals surface area (Å²) >= 11 is 5.88. The molecule has 0 saturated heterocycles. The summed E-state index contributed by atoms with van der Waals surface area (Å²) in [4.78, 5) is 11.6. The van der Waals surface area contributed by atoms with Crippen LogP contribution in [-0.4, -0.2) is 18.5 Å². The zero-order valence-corrected chi connectivity index (χ0v) is 10.6. The van der Waals surface area contributed by atoms with Gasteiger partial charge in [-0.15, -0.1) is 12.4 Å². The molecule has 3 nitrogen and oxygen atoms in total. The van der Waals surface area contributed by atoms with Crippen molar-refractivity contribution in [3.63, 3.8) is 0 Å². The fraction of sp³-hybridized carbons (Fsp3) is 0.364. The van der Waals surface area contributed by atoms with E-state index in [-0.39, 0.29) is 24.4 Å². The Bertz CT molecular complexity index is 343. The Morgan fingerprint density at radius 1 is 1.50 bits per heavy atom. The molecule has 16 heavy (non-hydrogen) atoms. The van der Waals surface area contributed by atoms with E-state index in [2.05, 4.69) is 5.32 Å². The average Bonchev–Trinajstić information content (AvgIpc) is 2.17. The summed E-state index contributed by atoms with van der Waals surface area (Å²) in [6, 6.07) is 7.07. The highest BCUT2D eigenvalue weighted by Crippen LogP contribution is 2.14. The van der Waals surface area contributed by atoms with Gasteiger partial charge in [-0.25, -0.2) is 0 Å². The zero-order chi connectivity index (χ0) is 11.3. The molecule has 0 aliphatic heterocycles. The van der Waals surface area contributed by atoms with Crippen LogP contribution >= 0.6 is 24.0 Å². The quantitative estimate of drug-likeness (QED) is 0.875. The van der Waals surface area contributed by atoms with E-state index in [1.54, 1.807) is 24.3 Å². The molecular formula is C11H16Cl2N2O. The van der Waals surface area contributed by atoms with Crippen molar-refractivity contribution < 1.29 is 4.79 Å². The molecule has 1 amide bonds. The maximum Gasteiger partial charge on any atom is 0.252 e. The van der Waals surface area contributed by atoms with E-state index in [0.717, 1.165) is 6.42 Å². The number of nitrogens with two attached hydrogens (primary N) is 1. The number of hydrogen-bond donors (Lipinski definition) is 2. The Labute approximate surface area is 107 Å². The number of rotatable bonds is 4. The molecule has 0 fully saturated rings. The van der Waals surface area contributed by atoms with Crippen LogP contribution in [0.15, 0.2) is 24.3 Å². The molecular weight excluding hydrogens is 247 g/mol. The zero-order valence-electron chi connectivity index (χ0n) is 9.07. The highest BCUT2D eigenvalue weighted by Gasteiger charge is 2.08. The van der Waals surface area contributed by atoms with Crippen molar-refractivity contribution in [2.45, 2.75) is 19.4 Å². The summed E-state index contributed by atoms with van der Waals surface area (Å²) in [5, 5.41) is 3.24. The van der Waals surface area contributed by atoms with Crippen LogP contribution in [0.2, 0.25) is 5.02 Å². The molecule has 0 radical (unpaired) electrons. The van der Waals surface area contributed by atoms with Crippen LogP contribution in [0.3, 0.4) is 0 Å². The molecule has 1 rings (SSSR count). The number of carbonyl (C=O) groups is 1. The second kappa shape index (κ2) is 7.49. The molecule has 90 valence electrons. The van der Waals surface area contributed by atoms with Crippen molar-refractivity contribution >= 4 is 29.9 Å². The molecule has 0 aliphatic carbocycles. The molecule has 1 aromatic rings. The summed E-state index contributed by atoms with van der Waals surface area (Å²) in [6.07, 6.45) is 0.760. The van der Waals surface area contributed by atoms with Gasteiger partial charge in [-0.05, 0) is 25.5 Å². The average molecular weight is 263 g/mol. The molecule has 5 heteroatoms. The Hall–Kier alpha value is -0.770. The van der Waals surface area contributed by atoms with E-state index in [0.29, 0.717) is 17.1 Å². The lowest BCUT2D eigenvalue weighted by molar-refractivity contribution is 0.0953. The smallest absolute Gasteiger partial charge is 0.252 e. The van der Waals surface area contributed by atoms with Crippen LogP contribution in [0.1, 0.15) is 23.7 Å². The van der Waals surface area contributed by atoms with Crippen molar-refractivity contribution in [1.29, 1.82) is 0 Å². The van der Waals surface area contributed by atoms with Gasteiger partial charge in [0.05, 0.1) is 10.6 Å². The molecule has 0 heterocycles. The van der Waals surface area contributed by atoms with Gasteiger partial charge in [0.25, 0.3) is 5.91 Å². The summed E-state index contributed by atoms with van der Waals surface area (Å²) in [6.45, 7) is 2.48. The van der Waals surface area contributed by atoms with Crippen LogP contribution in [0, 0.1) is 0 Å². The van der Waals surface area contributed by atoms with Gasteiger partial charge in [0, 0.05) is 12.6 Å². The molecule has 0 aromatic heterocycles. The monoisotopic (exact) mass is 262 g/mol. The lowest BCUT2D eigenvalue weighted by atomic mass is 10.2. The minimum absolute atomic E-state index is 0. The fourth-order valence-electron chi connectivity index (χ4n) is 1.15. The van der Waals surface area contributed by atoms with Gasteiger partial charge in [0.2, 0.25) is 0 Å². The molecule has 0 bridgehead atoms. The lowest BCUT2D eigenvalue weighted by Gasteiger charge is -2.08. The minimum Gasteiger partial charge on any atom is -0.352 e. The van der Waals surface area contributed by atoms with E-state index in [1.807, 2.05) is 6.92 Å². The van der Waals surface area contributed by atoms with Gasteiger partial charge in [-0.3, -0.25) is 4.79 Å². The Morgan fingerprint density at radius 3 is 2.69 bits per heavy atom. The van der Waals surface area contributed by atoms with Gasteiger partial charge in [0.1, 0.15) is 0 Å². The van der Waals surface area contributed by atoms with Crippen molar-refractivity contribution in [2.24, 2.45) is 5.73 Å². The van der Waals surface area contributed by atoms with Crippen molar-refractivity contribution in [2.75, 3.05) is 6.54 Å². The van der Waals surface area contributed by atoms with E-state index in [1.165, 1.54) is 0 Å². The lowest BCUT2D eigenvalue weighted by Crippen LogP contribution is -2.29. The third-order valence-electron chi connectivity index (χ3n) is 2.00. The third-order valence-corrected chi connectivity index (χ3v) is 2.33. The molecule has 0 spiro atoms. The van der Waals surface area contributed by atoms with Crippen molar-refractivity contribution in [1.82, 2.24) is 5.32 Å². The standard InChI is InChI=1S/C11H15ClN2O.ClH/c1-8(13)6-7-14-11(15)9-4-2-3-5-10(9)12;/h2-5,8H,6-7,13H2,1H3,(H,14,15);1H. The summed E-state index contributed by atoms with van der Waals surface area (Å²) in [5.41, 5.74) is 6.07. The summed E-state index contributed by atoms with van der Waals surface area (Å²) in [5.74, 6) is -0.152. The number of carbonyl (C=O) groups excluding carboxylic acids is 1. The third kappa shape index (κ3) is 4.84. The highest BCUT2D eigenvalue weighted by atomic mass is 35.5. The molecule has 0 aliphatic rings. The number of halogens is 2. The Kier molecular flexibility index (Phi) is 7.13. The van der Waals surface area contributed by atoms with Gasteiger partial charge >= 0.3 is 0 Å². The maximum atomic E-state index is 11.6. The van der Waals surface area contributed by atoms with E-state index in [9.17, 15) is 4.79 Å². The maximum absolute atomic E-state index is 11.6.